The molecule has 2 atom stereocenters. The number of hydrogen-bond acceptors (Lipinski definition) is 4. The largest absolute Gasteiger partial charge is 0.444 e. The quantitative estimate of drug-likeness (QED) is 0.929. The van der Waals surface area contributed by atoms with Crippen LogP contribution in [0.3, 0.4) is 0 Å². The Balaban J connectivity index is 1.50. The van der Waals surface area contributed by atoms with Gasteiger partial charge in [0.05, 0.1) is 12.1 Å². The Labute approximate surface area is 132 Å². The highest BCUT2D eigenvalue weighted by atomic mass is 16.4. The normalized spacial score (nSPS) is 25.3. The van der Waals surface area contributed by atoms with E-state index in [0.717, 1.165) is 25.3 Å². The van der Waals surface area contributed by atoms with Crippen LogP contribution in [-0.4, -0.2) is 34.9 Å². The molecule has 22 heavy (non-hydrogen) atoms. The van der Waals surface area contributed by atoms with E-state index in [0.29, 0.717) is 11.9 Å². The third kappa shape index (κ3) is 3.51. The van der Waals surface area contributed by atoms with Crippen molar-refractivity contribution in [3.63, 3.8) is 0 Å². The van der Waals surface area contributed by atoms with Crippen LogP contribution in [0, 0.1) is 12.8 Å². The zero-order valence-electron chi connectivity index (χ0n) is 13.7. The number of rotatable bonds is 4. The predicted molar refractivity (Wildman–Crippen MR) is 84.4 cm³/mol. The van der Waals surface area contributed by atoms with E-state index >= 15 is 0 Å². The minimum atomic E-state index is -0.162. The van der Waals surface area contributed by atoms with Crippen molar-refractivity contribution in [2.45, 2.75) is 64.5 Å². The minimum absolute atomic E-state index is 0.112. The molecule has 2 fully saturated rings. The fourth-order valence-corrected chi connectivity index (χ4v) is 3.74. The molecule has 1 aliphatic carbocycles. The fraction of sp³-hybridized carbons (Fsp3) is 0.765. The number of aromatic nitrogens is 1. The highest BCUT2D eigenvalue weighted by Crippen LogP contribution is 2.28. The van der Waals surface area contributed by atoms with E-state index in [9.17, 15) is 4.79 Å². The Morgan fingerprint density at radius 2 is 2.14 bits per heavy atom. The molecule has 1 aromatic heterocycles. The number of carbonyl (C=O) groups is 1. The Morgan fingerprint density at radius 1 is 1.36 bits per heavy atom. The van der Waals surface area contributed by atoms with E-state index < -0.39 is 0 Å². The van der Waals surface area contributed by atoms with E-state index in [1.165, 1.54) is 32.1 Å². The Morgan fingerprint density at radius 3 is 2.82 bits per heavy atom. The summed E-state index contributed by atoms with van der Waals surface area (Å²) in [5.74, 6) is 1.62. The van der Waals surface area contributed by atoms with Crippen molar-refractivity contribution >= 4 is 5.91 Å². The summed E-state index contributed by atoms with van der Waals surface area (Å²) in [6, 6.07) is 0.545. The summed E-state index contributed by atoms with van der Waals surface area (Å²) in [7, 11) is 0. The van der Waals surface area contributed by atoms with Crippen LogP contribution in [0.5, 0.6) is 0 Å². The third-order valence-corrected chi connectivity index (χ3v) is 5.05. The third-order valence-electron chi connectivity index (χ3n) is 5.05. The zero-order chi connectivity index (χ0) is 15.5. The van der Waals surface area contributed by atoms with Crippen LogP contribution < -0.4 is 5.32 Å². The number of amides is 1. The average Bonchev–Trinajstić information content (AvgIpc) is 3.17. The van der Waals surface area contributed by atoms with Gasteiger partial charge in [0.25, 0.3) is 0 Å². The molecule has 2 aliphatic rings. The number of nitrogens with zero attached hydrogens (tertiary/aromatic N) is 2. The number of nitrogens with one attached hydrogen (secondary N) is 1. The van der Waals surface area contributed by atoms with Gasteiger partial charge < -0.3 is 9.73 Å². The molecule has 2 unspecified atom stereocenters. The molecule has 0 spiro atoms. The summed E-state index contributed by atoms with van der Waals surface area (Å²) in [5, 5.41) is 3.05. The number of likely N-dealkylation sites (tertiary alicyclic amines) is 1. The molecule has 5 heteroatoms. The van der Waals surface area contributed by atoms with Gasteiger partial charge in [0.1, 0.15) is 11.8 Å². The first-order valence-corrected chi connectivity index (χ1v) is 8.60. The lowest BCUT2D eigenvalue weighted by molar-refractivity contribution is -0.125. The molecule has 1 aromatic rings. The molecule has 0 aromatic carbocycles. The molecule has 1 saturated carbocycles. The molecule has 2 heterocycles. The molecule has 3 rings (SSSR count). The Hall–Kier alpha value is -1.36. The van der Waals surface area contributed by atoms with Crippen LogP contribution in [0.1, 0.15) is 63.1 Å². The van der Waals surface area contributed by atoms with E-state index in [4.69, 9.17) is 4.42 Å². The summed E-state index contributed by atoms with van der Waals surface area (Å²) < 4.78 is 5.49. The first-order valence-electron chi connectivity index (χ1n) is 8.60. The van der Waals surface area contributed by atoms with Gasteiger partial charge in [-0.1, -0.05) is 19.3 Å². The van der Waals surface area contributed by atoms with E-state index in [2.05, 4.69) is 15.2 Å². The lowest BCUT2D eigenvalue weighted by Crippen LogP contribution is -2.38. The first-order chi connectivity index (χ1) is 10.6. The SMILES string of the molecule is Cc1cnc(C(C)NC(=O)C2CCN(C3CCCCC3)C2)o1. The lowest BCUT2D eigenvalue weighted by atomic mass is 9.94. The van der Waals surface area contributed by atoms with Gasteiger partial charge in [-0.15, -0.1) is 0 Å². The maximum absolute atomic E-state index is 12.5. The number of carbonyl (C=O) groups excluding carboxylic acids is 1. The maximum Gasteiger partial charge on any atom is 0.225 e. The summed E-state index contributed by atoms with van der Waals surface area (Å²) in [5.41, 5.74) is 0. The van der Waals surface area contributed by atoms with Crippen LogP contribution in [0.15, 0.2) is 10.6 Å². The van der Waals surface area contributed by atoms with Crippen LogP contribution in [0.2, 0.25) is 0 Å². The molecule has 0 radical (unpaired) electrons. The summed E-state index contributed by atoms with van der Waals surface area (Å²) >= 11 is 0. The molecule has 1 saturated heterocycles. The van der Waals surface area contributed by atoms with Crippen molar-refractivity contribution in [3.05, 3.63) is 17.8 Å². The topological polar surface area (TPSA) is 58.4 Å². The van der Waals surface area contributed by atoms with Crippen molar-refractivity contribution in [1.82, 2.24) is 15.2 Å². The fourth-order valence-electron chi connectivity index (χ4n) is 3.74. The van der Waals surface area contributed by atoms with E-state index in [1.807, 2.05) is 13.8 Å². The Kier molecular flexibility index (Phi) is 4.81. The summed E-state index contributed by atoms with van der Waals surface area (Å²) in [4.78, 5) is 19.2. The molecule has 0 bridgehead atoms. The van der Waals surface area contributed by atoms with Gasteiger partial charge in [-0.25, -0.2) is 4.98 Å². The predicted octanol–water partition coefficient (Wildman–Crippen LogP) is 2.81. The van der Waals surface area contributed by atoms with Crippen LogP contribution >= 0.6 is 0 Å². The highest BCUT2D eigenvalue weighted by molar-refractivity contribution is 5.79. The average molecular weight is 305 g/mol. The summed E-state index contributed by atoms with van der Waals surface area (Å²) in [6.45, 7) is 5.77. The minimum Gasteiger partial charge on any atom is -0.444 e. The van der Waals surface area contributed by atoms with Crippen LogP contribution in [-0.2, 0) is 4.79 Å². The molecular weight excluding hydrogens is 278 g/mol. The van der Waals surface area contributed by atoms with Crippen molar-refractivity contribution < 1.29 is 9.21 Å². The van der Waals surface area contributed by atoms with Crippen molar-refractivity contribution in [1.29, 1.82) is 0 Å². The molecule has 122 valence electrons. The van der Waals surface area contributed by atoms with Gasteiger partial charge in [-0.2, -0.15) is 0 Å². The van der Waals surface area contributed by atoms with Gasteiger partial charge in [0, 0.05) is 12.6 Å². The molecule has 1 amide bonds. The number of oxazole rings is 1. The number of hydrogen-bond donors (Lipinski definition) is 1. The van der Waals surface area contributed by atoms with Crippen molar-refractivity contribution in [2.24, 2.45) is 5.92 Å². The standard InChI is InChI=1S/C17H27N3O2/c1-12-10-18-17(22-12)13(2)19-16(21)14-8-9-20(11-14)15-6-4-3-5-7-15/h10,13-15H,3-9,11H2,1-2H3,(H,19,21). The second-order valence-corrected chi connectivity index (χ2v) is 6.81. The smallest absolute Gasteiger partial charge is 0.225 e. The van der Waals surface area contributed by atoms with Crippen LogP contribution in [0.25, 0.3) is 0 Å². The second-order valence-electron chi connectivity index (χ2n) is 6.81. The van der Waals surface area contributed by atoms with Gasteiger partial charge >= 0.3 is 0 Å². The summed E-state index contributed by atoms with van der Waals surface area (Å²) in [6.07, 6.45) is 9.34. The monoisotopic (exact) mass is 305 g/mol. The van der Waals surface area contributed by atoms with Crippen LogP contribution in [0.4, 0.5) is 0 Å². The maximum atomic E-state index is 12.5. The van der Waals surface area contributed by atoms with Gasteiger partial charge in [0.2, 0.25) is 11.8 Å². The second kappa shape index (κ2) is 6.82. The first kappa shape index (κ1) is 15.5. The zero-order valence-corrected chi connectivity index (χ0v) is 13.7. The number of aryl methyl sites for hydroxylation is 1. The van der Waals surface area contributed by atoms with Gasteiger partial charge in [-0.3, -0.25) is 9.69 Å². The van der Waals surface area contributed by atoms with E-state index in [1.54, 1.807) is 6.20 Å². The van der Waals surface area contributed by atoms with Gasteiger partial charge in [0.15, 0.2) is 0 Å². The molecule has 1 aliphatic heterocycles. The Bertz CT molecular complexity index is 508. The van der Waals surface area contributed by atoms with Crippen molar-refractivity contribution in [2.75, 3.05) is 13.1 Å². The van der Waals surface area contributed by atoms with Crippen molar-refractivity contribution in [3.8, 4) is 0 Å². The highest BCUT2D eigenvalue weighted by Gasteiger charge is 2.33. The van der Waals surface area contributed by atoms with Gasteiger partial charge in [-0.05, 0) is 39.7 Å². The lowest BCUT2D eigenvalue weighted by Gasteiger charge is -2.31. The molecular formula is C17H27N3O2. The van der Waals surface area contributed by atoms with E-state index in [-0.39, 0.29) is 17.9 Å². The molecule has 1 N–H and O–H groups in total. The molecule has 5 nitrogen and oxygen atoms in total.